The van der Waals surface area contributed by atoms with Gasteiger partial charge in [0.2, 0.25) is 0 Å². The molecule has 0 N–H and O–H groups in total. The second kappa shape index (κ2) is 10.6. The summed E-state index contributed by atoms with van der Waals surface area (Å²) >= 11 is 5.80. The summed E-state index contributed by atoms with van der Waals surface area (Å²) in [6.07, 6.45) is -3.45. The Hall–Kier alpha value is -2.49. The summed E-state index contributed by atoms with van der Waals surface area (Å²) in [6.45, 7) is 3.66. The van der Waals surface area contributed by atoms with E-state index in [2.05, 4.69) is 28.5 Å². The summed E-state index contributed by atoms with van der Waals surface area (Å²) in [5, 5.41) is 4.87. The number of nitrogens with zero attached hydrogens (tertiary/aromatic N) is 5. The fraction of sp³-hybridized carbons (Fsp3) is 0.417. The molecule has 1 aromatic heterocycles. The number of hydrogen-bond acceptors (Lipinski definition) is 4. The van der Waals surface area contributed by atoms with Gasteiger partial charge in [-0.3, -0.25) is 14.4 Å². The molecular formula is C24H30F3N5S. The second-order valence-corrected chi connectivity index (χ2v) is 8.82. The smallest absolute Gasteiger partial charge is 0.300 e. The first kappa shape index (κ1) is 25.1. The Kier molecular flexibility index (Phi) is 8.10. The van der Waals surface area contributed by atoms with E-state index in [4.69, 9.17) is 17.3 Å². The Labute approximate surface area is 198 Å². The minimum atomic E-state index is -4.33. The predicted molar refractivity (Wildman–Crippen MR) is 126 cm³/mol. The summed E-state index contributed by atoms with van der Waals surface area (Å²) in [7, 11) is 5.96. The van der Waals surface area contributed by atoms with Gasteiger partial charge < -0.3 is 0 Å². The molecule has 0 spiro atoms. The molecular weight excluding hydrogens is 447 g/mol. The lowest BCUT2D eigenvalue weighted by Gasteiger charge is -2.22. The fourth-order valence-corrected chi connectivity index (χ4v) is 4.14. The van der Waals surface area contributed by atoms with Crippen LogP contribution in [0, 0.1) is 4.77 Å². The summed E-state index contributed by atoms with van der Waals surface area (Å²) in [5.41, 5.74) is 1.29. The lowest BCUT2D eigenvalue weighted by Crippen LogP contribution is -2.24. The number of aromatic nitrogens is 3. The van der Waals surface area contributed by atoms with E-state index in [1.165, 1.54) is 12.1 Å². The third-order valence-corrected chi connectivity index (χ3v) is 5.98. The molecule has 3 rings (SSSR count). The van der Waals surface area contributed by atoms with Crippen LogP contribution in [0.15, 0.2) is 54.6 Å². The topological polar surface area (TPSA) is 29.2 Å². The average molecular weight is 478 g/mol. The highest BCUT2D eigenvalue weighted by Gasteiger charge is 2.30. The molecule has 0 fully saturated rings. The van der Waals surface area contributed by atoms with Gasteiger partial charge in [-0.25, -0.2) is 4.68 Å². The maximum absolute atomic E-state index is 12.8. The van der Waals surface area contributed by atoms with Crippen molar-refractivity contribution in [2.45, 2.75) is 45.3 Å². The average Bonchev–Trinajstić information content (AvgIpc) is 3.04. The van der Waals surface area contributed by atoms with Gasteiger partial charge in [0.05, 0.1) is 24.8 Å². The molecule has 3 aromatic rings. The van der Waals surface area contributed by atoms with Crippen molar-refractivity contribution in [3.05, 3.63) is 81.9 Å². The number of alkyl halides is 3. The molecule has 0 aliphatic rings. The monoisotopic (exact) mass is 477 g/mol. The van der Waals surface area contributed by atoms with E-state index >= 15 is 0 Å². The normalized spacial score (nSPS) is 13.1. The van der Waals surface area contributed by atoms with Crippen molar-refractivity contribution >= 4 is 12.2 Å². The molecule has 1 atom stereocenters. The van der Waals surface area contributed by atoms with E-state index in [1.54, 1.807) is 4.68 Å². The molecule has 1 heterocycles. The van der Waals surface area contributed by atoms with Crippen LogP contribution in [0.3, 0.4) is 0 Å². The van der Waals surface area contributed by atoms with Crippen molar-refractivity contribution < 1.29 is 13.2 Å². The zero-order valence-electron chi connectivity index (χ0n) is 19.4. The highest BCUT2D eigenvalue weighted by Crippen LogP contribution is 2.29. The highest BCUT2D eigenvalue weighted by atomic mass is 32.1. The van der Waals surface area contributed by atoms with Crippen molar-refractivity contribution in [2.24, 2.45) is 0 Å². The number of halogens is 3. The third kappa shape index (κ3) is 6.31. The summed E-state index contributed by atoms with van der Waals surface area (Å²) in [4.78, 5) is 4.12. The van der Waals surface area contributed by atoms with Crippen LogP contribution in [-0.2, 0) is 25.9 Å². The van der Waals surface area contributed by atoms with Gasteiger partial charge in [-0.1, -0.05) is 49.4 Å². The summed E-state index contributed by atoms with van der Waals surface area (Å²) in [6, 6.07) is 15.5. The first-order valence-electron chi connectivity index (χ1n) is 10.8. The lowest BCUT2D eigenvalue weighted by molar-refractivity contribution is -0.137. The van der Waals surface area contributed by atoms with Crippen LogP contribution in [0.25, 0.3) is 0 Å². The van der Waals surface area contributed by atoms with Gasteiger partial charge in [0.15, 0.2) is 4.77 Å². The molecule has 178 valence electrons. The first-order valence-corrected chi connectivity index (χ1v) is 11.2. The van der Waals surface area contributed by atoms with Crippen LogP contribution in [-0.4, -0.2) is 45.3 Å². The predicted octanol–water partition coefficient (Wildman–Crippen LogP) is 5.58. The minimum absolute atomic E-state index is 0.108. The molecule has 0 unspecified atom stereocenters. The SMILES string of the molecule is CC[C@@H](c1nn(CN(C)Cc2ccc(C(F)(F)F)cc2)c(=S)n1Cc1ccccc1)N(C)C. The van der Waals surface area contributed by atoms with Crippen molar-refractivity contribution in [3.63, 3.8) is 0 Å². The zero-order chi connectivity index (χ0) is 24.2. The van der Waals surface area contributed by atoms with Gasteiger partial charge >= 0.3 is 6.18 Å². The van der Waals surface area contributed by atoms with Crippen LogP contribution >= 0.6 is 12.2 Å². The highest BCUT2D eigenvalue weighted by molar-refractivity contribution is 7.71. The van der Waals surface area contributed by atoms with E-state index < -0.39 is 11.7 Å². The van der Waals surface area contributed by atoms with E-state index in [0.29, 0.717) is 24.5 Å². The van der Waals surface area contributed by atoms with Crippen molar-refractivity contribution in [1.82, 2.24) is 24.1 Å². The van der Waals surface area contributed by atoms with Crippen LogP contribution in [0.4, 0.5) is 13.2 Å². The zero-order valence-corrected chi connectivity index (χ0v) is 20.2. The Morgan fingerprint density at radius 1 is 0.970 bits per heavy atom. The van der Waals surface area contributed by atoms with Gasteiger partial charge in [-0.15, -0.1) is 0 Å². The fourth-order valence-electron chi connectivity index (χ4n) is 3.88. The third-order valence-electron chi connectivity index (χ3n) is 5.55. The molecule has 2 aromatic carbocycles. The van der Waals surface area contributed by atoms with Crippen molar-refractivity contribution in [2.75, 3.05) is 21.1 Å². The first-order chi connectivity index (χ1) is 15.6. The number of rotatable bonds is 9. The number of benzene rings is 2. The Bertz CT molecular complexity index is 1090. The minimum Gasteiger partial charge on any atom is -0.300 e. The Balaban J connectivity index is 1.84. The molecule has 33 heavy (non-hydrogen) atoms. The van der Waals surface area contributed by atoms with Crippen LogP contribution in [0.1, 0.15) is 41.9 Å². The van der Waals surface area contributed by atoms with Crippen LogP contribution in [0.5, 0.6) is 0 Å². The standard InChI is InChI=1S/C24H30F3N5S/c1-5-21(29(2)3)22-28-32(23(33)31(22)16-18-9-7-6-8-10-18)17-30(4)15-19-11-13-20(14-12-19)24(25,26)27/h6-14,21H,5,15-17H2,1-4H3/t21-/m0/s1. The molecule has 0 amide bonds. The van der Waals surface area contributed by atoms with Crippen molar-refractivity contribution in [1.29, 1.82) is 0 Å². The Morgan fingerprint density at radius 3 is 2.15 bits per heavy atom. The molecule has 9 heteroatoms. The van der Waals surface area contributed by atoms with Gasteiger partial charge in [-0.05, 0) is 63.0 Å². The number of hydrogen-bond donors (Lipinski definition) is 0. The van der Waals surface area contributed by atoms with Gasteiger partial charge in [-0.2, -0.15) is 18.3 Å². The largest absolute Gasteiger partial charge is 0.416 e. The van der Waals surface area contributed by atoms with E-state index in [0.717, 1.165) is 35.5 Å². The Morgan fingerprint density at radius 2 is 1.61 bits per heavy atom. The molecule has 0 saturated heterocycles. The van der Waals surface area contributed by atoms with E-state index in [9.17, 15) is 13.2 Å². The van der Waals surface area contributed by atoms with E-state index in [1.807, 2.05) is 44.2 Å². The van der Waals surface area contributed by atoms with E-state index in [-0.39, 0.29) is 6.04 Å². The van der Waals surface area contributed by atoms with Crippen molar-refractivity contribution in [3.8, 4) is 0 Å². The molecule has 0 aliphatic carbocycles. The molecule has 0 aliphatic heterocycles. The van der Waals surface area contributed by atoms with Crippen LogP contribution in [0.2, 0.25) is 0 Å². The second-order valence-electron chi connectivity index (χ2n) is 8.45. The van der Waals surface area contributed by atoms with Crippen LogP contribution < -0.4 is 0 Å². The van der Waals surface area contributed by atoms with Gasteiger partial charge in [0.1, 0.15) is 5.82 Å². The molecule has 5 nitrogen and oxygen atoms in total. The quantitative estimate of drug-likeness (QED) is 0.376. The molecule has 0 bridgehead atoms. The lowest BCUT2D eigenvalue weighted by atomic mass is 10.1. The molecule has 0 saturated carbocycles. The van der Waals surface area contributed by atoms with Gasteiger partial charge in [0, 0.05) is 6.54 Å². The molecule has 0 radical (unpaired) electrons. The maximum atomic E-state index is 12.8. The summed E-state index contributed by atoms with van der Waals surface area (Å²) < 4.78 is 43.0. The van der Waals surface area contributed by atoms with Gasteiger partial charge in [0.25, 0.3) is 0 Å². The summed E-state index contributed by atoms with van der Waals surface area (Å²) in [5.74, 6) is 0.902. The maximum Gasteiger partial charge on any atom is 0.416 e.